The number of hydrogen-bond donors (Lipinski definition) is 1. The van der Waals surface area contributed by atoms with Gasteiger partial charge in [-0.15, -0.1) is 0 Å². The number of ether oxygens (including phenoxy) is 1. The van der Waals surface area contributed by atoms with Gasteiger partial charge in [0.1, 0.15) is 5.75 Å². The molecule has 1 amide bonds. The number of amides is 1. The summed E-state index contributed by atoms with van der Waals surface area (Å²) in [5.41, 5.74) is 3.18. The zero-order valence-electron chi connectivity index (χ0n) is 18.2. The normalized spacial score (nSPS) is 18.2. The van der Waals surface area contributed by atoms with Crippen molar-refractivity contribution in [2.24, 2.45) is 11.8 Å². The second kappa shape index (κ2) is 9.02. The summed E-state index contributed by atoms with van der Waals surface area (Å²) in [7, 11) is 1.67. The number of nitrogens with zero attached hydrogens (tertiary/aromatic N) is 3. The number of piperidine rings is 1. The Bertz CT molecular complexity index is 851. The van der Waals surface area contributed by atoms with Gasteiger partial charge in [0, 0.05) is 30.9 Å². The van der Waals surface area contributed by atoms with Crippen LogP contribution in [0.1, 0.15) is 55.1 Å². The molecule has 1 saturated heterocycles. The fraction of sp³-hybridized carbons (Fsp3) is 0.542. The van der Waals surface area contributed by atoms with Gasteiger partial charge in [-0.1, -0.05) is 12.1 Å². The molecule has 6 nitrogen and oxygen atoms in total. The van der Waals surface area contributed by atoms with E-state index in [1.54, 1.807) is 7.11 Å². The van der Waals surface area contributed by atoms with Crippen LogP contribution in [0.5, 0.6) is 5.75 Å². The molecule has 0 radical (unpaired) electrons. The summed E-state index contributed by atoms with van der Waals surface area (Å²) in [5.74, 6) is 2.82. The van der Waals surface area contributed by atoms with Gasteiger partial charge in [0.25, 0.3) is 0 Å². The summed E-state index contributed by atoms with van der Waals surface area (Å²) in [5, 5.41) is 3.32. The van der Waals surface area contributed by atoms with Crippen molar-refractivity contribution in [3.8, 4) is 5.75 Å². The number of aromatic nitrogens is 2. The molecular formula is C24H32N4O2. The molecule has 0 bridgehead atoms. The number of rotatable bonds is 7. The molecule has 1 aromatic heterocycles. The number of carbonyl (C=O) groups excluding carboxylic acids is 1. The van der Waals surface area contributed by atoms with Crippen molar-refractivity contribution in [1.29, 1.82) is 0 Å². The molecule has 1 aliphatic heterocycles. The van der Waals surface area contributed by atoms with E-state index in [9.17, 15) is 4.79 Å². The molecule has 2 aromatic rings. The molecule has 1 aliphatic carbocycles. The Morgan fingerprint density at radius 3 is 2.30 bits per heavy atom. The summed E-state index contributed by atoms with van der Waals surface area (Å²) >= 11 is 0. The van der Waals surface area contributed by atoms with Crippen LogP contribution in [0.4, 0.5) is 5.95 Å². The predicted octanol–water partition coefficient (Wildman–Crippen LogP) is 3.98. The molecule has 1 aromatic carbocycles. The lowest BCUT2D eigenvalue weighted by molar-refractivity contribution is -0.123. The molecule has 1 saturated carbocycles. The molecule has 160 valence electrons. The van der Waals surface area contributed by atoms with Gasteiger partial charge in [0.15, 0.2) is 0 Å². The minimum absolute atomic E-state index is 0.118. The topological polar surface area (TPSA) is 67.3 Å². The first kappa shape index (κ1) is 20.6. The summed E-state index contributed by atoms with van der Waals surface area (Å²) in [6, 6.07) is 10.2. The summed E-state index contributed by atoms with van der Waals surface area (Å²) < 4.78 is 5.26. The van der Waals surface area contributed by atoms with Gasteiger partial charge in [-0.2, -0.15) is 0 Å². The molecule has 30 heavy (non-hydrogen) atoms. The van der Waals surface area contributed by atoms with Crippen molar-refractivity contribution >= 4 is 11.9 Å². The van der Waals surface area contributed by atoms with Crippen LogP contribution in [0.3, 0.4) is 0 Å². The Morgan fingerprint density at radius 2 is 1.73 bits per heavy atom. The lowest BCUT2D eigenvalue weighted by Crippen LogP contribution is -2.37. The van der Waals surface area contributed by atoms with E-state index in [0.717, 1.165) is 49.0 Å². The van der Waals surface area contributed by atoms with E-state index in [4.69, 9.17) is 4.74 Å². The Balaban J connectivity index is 1.30. The molecule has 4 rings (SSSR count). The van der Waals surface area contributed by atoms with E-state index >= 15 is 0 Å². The second-order valence-corrected chi connectivity index (χ2v) is 8.74. The van der Waals surface area contributed by atoms with E-state index in [0.29, 0.717) is 18.3 Å². The first-order valence-corrected chi connectivity index (χ1v) is 11.0. The van der Waals surface area contributed by atoms with Gasteiger partial charge in [-0.05, 0) is 75.1 Å². The molecule has 2 fully saturated rings. The Morgan fingerprint density at radius 1 is 1.10 bits per heavy atom. The quantitative estimate of drug-likeness (QED) is 0.751. The van der Waals surface area contributed by atoms with Crippen LogP contribution >= 0.6 is 0 Å². The molecule has 2 heterocycles. The van der Waals surface area contributed by atoms with Crippen LogP contribution in [0.2, 0.25) is 0 Å². The van der Waals surface area contributed by atoms with Crippen molar-refractivity contribution in [1.82, 2.24) is 15.3 Å². The lowest BCUT2D eigenvalue weighted by atomic mass is 9.92. The first-order valence-electron chi connectivity index (χ1n) is 11.0. The van der Waals surface area contributed by atoms with E-state index in [1.165, 1.54) is 18.4 Å². The number of anilines is 1. The summed E-state index contributed by atoms with van der Waals surface area (Å²) in [6.45, 7) is 5.83. The molecule has 0 unspecified atom stereocenters. The van der Waals surface area contributed by atoms with E-state index in [2.05, 4.69) is 32.3 Å². The third kappa shape index (κ3) is 5.10. The molecule has 1 atom stereocenters. The van der Waals surface area contributed by atoms with Crippen LogP contribution in [-0.2, 0) is 4.79 Å². The maximum absolute atomic E-state index is 12.8. The highest BCUT2D eigenvalue weighted by Crippen LogP contribution is 2.41. The zero-order valence-corrected chi connectivity index (χ0v) is 18.2. The maximum atomic E-state index is 12.8. The molecular weight excluding hydrogens is 376 g/mol. The van der Waals surface area contributed by atoms with Gasteiger partial charge in [0.05, 0.1) is 13.2 Å². The van der Waals surface area contributed by atoms with E-state index in [-0.39, 0.29) is 11.9 Å². The van der Waals surface area contributed by atoms with Gasteiger partial charge in [-0.3, -0.25) is 4.79 Å². The van der Waals surface area contributed by atoms with Crippen LogP contribution < -0.4 is 15.0 Å². The van der Waals surface area contributed by atoms with Crippen molar-refractivity contribution in [3.05, 3.63) is 47.3 Å². The average Bonchev–Trinajstić information content (AvgIpc) is 3.57. The number of carbonyl (C=O) groups is 1. The zero-order chi connectivity index (χ0) is 21.1. The van der Waals surface area contributed by atoms with Crippen molar-refractivity contribution in [2.45, 2.75) is 52.0 Å². The van der Waals surface area contributed by atoms with Gasteiger partial charge in [-0.25, -0.2) is 9.97 Å². The Labute approximate surface area is 179 Å². The van der Waals surface area contributed by atoms with Crippen molar-refractivity contribution < 1.29 is 9.53 Å². The second-order valence-electron chi connectivity index (χ2n) is 8.74. The van der Waals surface area contributed by atoms with Gasteiger partial charge < -0.3 is 15.0 Å². The summed E-state index contributed by atoms with van der Waals surface area (Å²) in [6.07, 6.45) is 4.97. The number of aryl methyl sites for hydroxylation is 2. The monoisotopic (exact) mass is 408 g/mol. The van der Waals surface area contributed by atoms with Crippen LogP contribution in [0.25, 0.3) is 0 Å². The highest BCUT2D eigenvalue weighted by atomic mass is 16.5. The SMILES string of the molecule is COc1ccc([C@@H](NC(=O)CC2CCN(c3nc(C)cc(C)n3)CC2)C2CC2)cc1. The van der Waals surface area contributed by atoms with Gasteiger partial charge >= 0.3 is 0 Å². The minimum atomic E-state index is 0.118. The van der Waals surface area contributed by atoms with E-state index < -0.39 is 0 Å². The molecule has 2 aliphatic rings. The molecule has 6 heteroatoms. The Hall–Kier alpha value is -2.63. The fourth-order valence-electron chi connectivity index (χ4n) is 4.39. The number of methoxy groups -OCH3 is 1. The highest BCUT2D eigenvalue weighted by Gasteiger charge is 2.34. The number of benzene rings is 1. The fourth-order valence-corrected chi connectivity index (χ4v) is 4.39. The first-order chi connectivity index (χ1) is 14.5. The molecule has 1 N–H and O–H groups in total. The highest BCUT2D eigenvalue weighted by molar-refractivity contribution is 5.76. The average molecular weight is 409 g/mol. The van der Waals surface area contributed by atoms with Crippen molar-refractivity contribution in [2.75, 3.05) is 25.1 Å². The van der Waals surface area contributed by atoms with Crippen molar-refractivity contribution in [3.63, 3.8) is 0 Å². The van der Waals surface area contributed by atoms with Crippen LogP contribution in [0, 0.1) is 25.7 Å². The Kier molecular flexibility index (Phi) is 6.21. The van der Waals surface area contributed by atoms with E-state index in [1.807, 2.05) is 32.0 Å². The molecule has 0 spiro atoms. The lowest BCUT2D eigenvalue weighted by Gasteiger charge is -2.32. The maximum Gasteiger partial charge on any atom is 0.225 e. The van der Waals surface area contributed by atoms with Gasteiger partial charge in [0.2, 0.25) is 11.9 Å². The third-order valence-corrected chi connectivity index (χ3v) is 6.23. The number of hydrogen-bond acceptors (Lipinski definition) is 5. The standard InChI is InChI=1S/C24H32N4O2/c1-16-14-17(2)26-24(25-16)28-12-10-18(11-13-28)15-22(29)27-23(19-4-5-19)20-6-8-21(30-3)9-7-20/h6-9,14,18-19,23H,4-5,10-13,15H2,1-3H3,(H,27,29)/t23-/m0/s1. The predicted molar refractivity (Wildman–Crippen MR) is 118 cm³/mol. The summed E-state index contributed by atoms with van der Waals surface area (Å²) in [4.78, 5) is 24.2. The minimum Gasteiger partial charge on any atom is -0.497 e. The third-order valence-electron chi connectivity index (χ3n) is 6.23. The number of nitrogens with one attached hydrogen (secondary N) is 1. The van der Waals surface area contributed by atoms with Crippen LogP contribution in [-0.4, -0.2) is 36.1 Å². The smallest absolute Gasteiger partial charge is 0.225 e. The largest absolute Gasteiger partial charge is 0.497 e. The van der Waals surface area contributed by atoms with Crippen LogP contribution in [0.15, 0.2) is 30.3 Å².